The van der Waals surface area contributed by atoms with Crippen molar-refractivity contribution in [3.63, 3.8) is 0 Å². The van der Waals surface area contributed by atoms with Crippen molar-refractivity contribution in [3.8, 4) is 11.1 Å². The van der Waals surface area contributed by atoms with Crippen LogP contribution < -0.4 is 10.6 Å². The van der Waals surface area contributed by atoms with E-state index in [0.717, 1.165) is 16.9 Å². The predicted octanol–water partition coefficient (Wildman–Crippen LogP) is 6.74. The van der Waals surface area contributed by atoms with Crippen molar-refractivity contribution in [3.05, 3.63) is 71.5 Å². The molecule has 2 heterocycles. The molecule has 1 unspecified atom stereocenters. The summed E-state index contributed by atoms with van der Waals surface area (Å²) >= 11 is 1.14. The highest BCUT2D eigenvalue weighted by Crippen LogP contribution is 2.32. The van der Waals surface area contributed by atoms with Crippen LogP contribution in [-0.2, 0) is 14.5 Å². The summed E-state index contributed by atoms with van der Waals surface area (Å²) < 4.78 is 38.6. The number of hydrogen-bond donors (Lipinski definition) is 3. The third-order valence-corrected chi connectivity index (χ3v) is 7.28. The van der Waals surface area contributed by atoms with Gasteiger partial charge in [-0.05, 0) is 68.3 Å². The smallest absolute Gasteiger partial charge is 0.412 e. The van der Waals surface area contributed by atoms with Gasteiger partial charge in [-0.25, -0.2) is 23.2 Å². The van der Waals surface area contributed by atoms with Gasteiger partial charge in [-0.1, -0.05) is 18.2 Å². The van der Waals surface area contributed by atoms with Gasteiger partial charge in [0.15, 0.2) is 0 Å². The number of amides is 2. The molecule has 0 bridgehead atoms. The lowest BCUT2D eigenvalue weighted by atomic mass is 10.0. The van der Waals surface area contributed by atoms with Gasteiger partial charge in [0, 0.05) is 17.8 Å². The van der Waals surface area contributed by atoms with Gasteiger partial charge in [0.05, 0.1) is 30.9 Å². The summed E-state index contributed by atoms with van der Waals surface area (Å²) in [5, 5.41) is 6.09. The Morgan fingerprint density at radius 2 is 1.68 bits per heavy atom. The van der Waals surface area contributed by atoms with E-state index in [1.807, 2.05) is 0 Å². The van der Waals surface area contributed by atoms with Crippen LogP contribution in [0.15, 0.2) is 65.7 Å². The molecule has 2 amide bonds. The zero-order valence-electron chi connectivity index (χ0n) is 20.5. The van der Waals surface area contributed by atoms with E-state index in [-0.39, 0.29) is 10.7 Å². The van der Waals surface area contributed by atoms with E-state index in [1.165, 1.54) is 24.6 Å². The minimum absolute atomic E-state index is 0.278. The Balaban J connectivity index is 1.68. The van der Waals surface area contributed by atoms with E-state index in [4.69, 9.17) is 9.52 Å². The van der Waals surface area contributed by atoms with Crippen LogP contribution >= 0.6 is 11.3 Å². The van der Waals surface area contributed by atoms with E-state index in [2.05, 4.69) is 15.6 Å². The second kappa shape index (κ2) is 9.91. The summed E-state index contributed by atoms with van der Waals surface area (Å²) in [7, 11) is -2.95. The molecule has 8 nitrogen and oxygen atoms in total. The summed E-state index contributed by atoms with van der Waals surface area (Å²) in [5.41, 5.74) is 1.32. The lowest BCUT2D eigenvalue weighted by Gasteiger charge is -2.21. The molecule has 0 spiro atoms. The quantitative estimate of drug-likeness (QED) is 0.259. The third kappa shape index (κ3) is 6.49. The fraction of sp³-hybridized carbons (Fsp3) is 0.192. The summed E-state index contributed by atoms with van der Waals surface area (Å²) in [6.07, 6.45) is 2.00. The van der Waals surface area contributed by atoms with Crippen molar-refractivity contribution in [1.82, 2.24) is 4.98 Å². The third-order valence-electron chi connectivity index (χ3n) is 5.10. The topological polar surface area (TPSA) is 121 Å². The molecule has 0 saturated carbocycles. The highest BCUT2D eigenvalue weighted by molar-refractivity contribution is 7.91. The van der Waals surface area contributed by atoms with Crippen LogP contribution in [0.1, 0.15) is 30.4 Å². The SMILES string of the molecule is CC(C)(C)OC(=O)Nc1ccc(-c2ccc(F)cc2)cc1NC(=O)c1cc2cc(S(C)(=N)=O)cnc2s1. The molecule has 1 atom stereocenters. The van der Waals surface area contributed by atoms with Crippen molar-refractivity contribution in [2.24, 2.45) is 0 Å². The molecule has 3 N–H and O–H groups in total. The second-order valence-corrected chi connectivity index (χ2v) is 12.6. The lowest BCUT2D eigenvalue weighted by Crippen LogP contribution is -2.27. The Morgan fingerprint density at radius 3 is 2.32 bits per heavy atom. The number of carbonyl (C=O) groups excluding carboxylic acids is 2. The first kappa shape index (κ1) is 26.2. The van der Waals surface area contributed by atoms with Gasteiger partial charge in [0.1, 0.15) is 16.2 Å². The zero-order chi connectivity index (χ0) is 27.0. The fourth-order valence-electron chi connectivity index (χ4n) is 3.41. The molecular formula is C26H25FN4O4S2. The average Bonchev–Trinajstić information content (AvgIpc) is 3.23. The number of rotatable bonds is 5. The Hall–Kier alpha value is -3.83. The van der Waals surface area contributed by atoms with Gasteiger partial charge in [0.25, 0.3) is 5.91 Å². The monoisotopic (exact) mass is 540 g/mol. The van der Waals surface area contributed by atoms with Crippen LogP contribution in [0, 0.1) is 10.6 Å². The lowest BCUT2D eigenvalue weighted by molar-refractivity contribution is 0.0635. The molecule has 2 aromatic carbocycles. The average molecular weight is 541 g/mol. The maximum absolute atomic E-state index is 13.4. The number of halogens is 1. The number of thiophene rings is 1. The van der Waals surface area contributed by atoms with E-state index in [0.29, 0.717) is 32.0 Å². The largest absolute Gasteiger partial charge is 0.444 e. The van der Waals surface area contributed by atoms with Crippen LogP contribution in [0.2, 0.25) is 0 Å². The number of carbonyl (C=O) groups is 2. The maximum atomic E-state index is 13.4. The van der Waals surface area contributed by atoms with Crippen LogP contribution in [0.5, 0.6) is 0 Å². The molecule has 4 rings (SSSR count). The molecule has 4 aromatic rings. The number of benzene rings is 2. The van der Waals surface area contributed by atoms with Crippen LogP contribution in [0.3, 0.4) is 0 Å². The highest BCUT2D eigenvalue weighted by atomic mass is 32.2. The standard InChI is InChI=1S/C26H25FN4O4S2/c1-26(2,3)35-25(33)31-20-10-7-16(15-5-8-18(27)9-6-15)12-21(20)30-23(32)22-13-17-11-19(37(4,28)34)14-29-24(17)36-22/h5-14,28H,1-4H3,(H,30,32)(H,31,33). The minimum Gasteiger partial charge on any atom is -0.444 e. The summed E-state index contributed by atoms with van der Waals surface area (Å²) in [6, 6.07) is 14.2. The fourth-order valence-corrected chi connectivity index (χ4v) is 4.90. The number of ether oxygens (including phenoxy) is 1. The second-order valence-electron chi connectivity index (χ2n) is 9.37. The van der Waals surface area contributed by atoms with Gasteiger partial charge < -0.3 is 10.1 Å². The molecule has 0 aliphatic carbocycles. The van der Waals surface area contributed by atoms with Crippen molar-refractivity contribution in [2.75, 3.05) is 16.9 Å². The van der Waals surface area contributed by atoms with Crippen LogP contribution in [0.4, 0.5) is 20.6 Å². The summed E-state index contributed by atoms with van der Waals surface area (Å²) in [5.74, 6) is -0.817. The Kier molecular flexibility index (Phi) is 7.03. The summed E-state index contributed by atoms with van der Waals surface area (Å²) in [4.78, 5) is 31.1. The number of nitrogens with one attached hydrogen (secondary N) is 3. The molecule has 37 heavy (non-hydrogen) atoms. The van der Waals surface area contributed by atoms with Gasteiger partial charge in [0.2, 0.25) is 0 Å². The molecule has 0 saturated heterocycles. The Labute approximate surface area is 217 Å². The summed E-state index contributed by atoms with van der Waals surface area (Å²) in [6.45, 7) is 5.22. The molecule has 2 aromatic heterocycles. The van der Waals surface area contributed by atoms with Gasteiger partial charge in [-0.2, -0.15) is 0 Å². The minimum atomic E-state index is -2.95. The van der Waals surface area contributed by atoms with Crippen molar-refractivity contribution < 1.29 is 22.9 Å². The van der Waals surface area contributed by atoms with Crippen LogP contribution in [0.25, 0.3) is 21.3 Å². The maximum Gasteiger partial charge on any atom is 0.412 e. The number of hydrogen-bond acceptors (Lipinski definition) is 7. The first-order valence-corrected chi connectivity index (χ1v) is 13.9. The van der Waals surface area contributed by atoms with Crippen molar-refractivity contribution >= 4 is 54.7 Å². The molecule has 0 fully saturated rings. The van der Waals surface area contributed by atoms with Gasteiger partial charge in [-0.3, -0.25) is 10.1 Å². The van der Waals surface area contributed by atoms with Crippen molar-refractivity contribution in [2.45, 2.75) is 31.3 Å². The Bertz CT molecular complexity index is 1610. The predicted molar refractivity (Wildman–Crippen MR) is 144 cm³/mol. The molecule has 11 heteroatoms. The highest BCUT2D eigenvalue weighted by Gasteiger charge is 2.20. The molecule has 0 aliphatic rings. The first-order chi connectivity index (χ1) is 17.3. The molecular weight excluding hydrogens is 515 g/mol. The van der Waals surface area contributed by atoms with E-state index >= 15 is 0 Å². The number of fused-ring (bicyclic) bond motifs is 1. The van der Waals surface area contributed by atoms with Crippen LogP contribution in [-0.4, -0.2) is 33.1 Å². The first-order valence-electron chi connectivity index (χ1n) is 11.1. The number of nitrogens with zero attached hydrogens (tertiary/aromatic N) is 1. The number of pyridine rings is 1. The number of anilines is 2. The van der Waals surface area contributed by atoms with Crippen molar-refractivity contribution in [1.29, 1.82) is 4.78 Å². The van der Waals surface area contributed by atoms with Gasteiger partial charge in [-0.15, -0.1) is 11.3 Å². The molecule has 192 valence electrons. The van der Waals surface area contributed by atoms with E-state index in [9.17, 15) is 18.2 Å². The van der Waals surface area contributed by atoms with Gasteiger partial charge >= 0.3 is 6.09 Å². The van der Waals surface area contributed by atoms with E-state index < -0.39 is 27.3 Å². The zero-order valence-corrected chi connectivity index (χ0v) is 22.2. The van der Waals surface area contributed by atoms with E-state index in [1.54, 1.807) is 63.2 Å². The normalized spacial score (nSPS) is 13.1. The molecule has 0 radical (unpaired) electrons. The number of aromatic nitrogens is 1. The Morgan fingerprint density at radius 1 is 1.00 bits per heavy atom. The molecule has 0 aliphatic heterocycles.